The highest BCUT2D eigenvalue weighted by Crippen LogP contribution is 2.40. The van der Waals surface area contributed by atoms with Gasteiger partial charge in [-0.25, -0.2) is 4.98 Å². The molecule has 0 spiro atoms. The van der Waals surface area contributed by atoms with E-state index in [2.05, 4.69) is 51.0 Å². The van der Waals surface area contributed by atoms with Gasteiger partial charge in [-0.3, -0.25) is 29.3 Å². The molecule has 0 radical (unpaired) electrons. The SMILES string of the molecule is Cc1sc2c(c1C)C(c1ccc(Cl)cc1)=N[C@@H](CC(=O)NCCOCCCCNCc1cccc3c1c1cccnc1n3C1CCC(=O)NC1=O)c1nnc(C)n1-2. The summed E-state index contributed by atoms with van der Waals surface area (Å²) in [4.78, 5) is 49.0. The third-order valence-corrected chi connectivity index (χ3v) is 12.2. The molecule has 2 aliphatic heterocycles. The Morgan fingerprint density at radius 2 is 1.86 bits per heavy atom. The number of unbranched alkanes of at least 4 members (excludes halogenated alkanes) is 1. The van der Waals surface area contributed by atoms with Crippen LogP contribution >= 0.6 is 22.9 Å². The van der Waals surface area contributed by atoms with E-state index in [4.69, 9.17) is 21.3 Å². The molecule has 0 aliphatic carbocycles. The van der Waals surface area contributed by atoms with Crippen molar-refractivity contribution in [3.63, 3.8) is 0 Å². The van der Waals surface area contributed by atoms with E-state index in [1.54, 1.807) is 17.5 Å². The fourth-order valence-corrected chi connectivity index (χ4v) is 9.15. The van der Waals surface area contributed by atoms with Crippen molar-refractivity contribution < 1.29 is 19.1 Å². The number of ether oxygens (including phenoxy) is 1. The molecule has 2 aromatic carbocycles. The molecule has 0 saturated carbocycles. The lowest BCUT2D eigenvalue weighted by Crippen LogP contribution is -2.41. The van der Waals surface area contributed by atoms with Gasteiger partial charge in [-0.15, -0.1) is 21.5 Å². The number of benzene rings is 2. The van der Waals surface area contributed by atoms with Gasteiger partial charge in [-0.1, -0.05) is 35.9 Å². The molecule has 8 rings (SSSR count). The average molecular weight is 806 g/mol. The quantitative estimate of drug-likeness (QED) is 0.0847. The van der Waals surface area contributed by atoms with Gasteiger partial charge in [-0.2, -0.15) is 0 Å². The fraction of sp³-hybridized carbons (Fsp3) is 0.357. The zero-order chi connectivity index (χ0) is 39.6. The number of nitrogens with zero attached hydrogens (tertiary/aromatic N) is 6. The largest absolute Gasteiger partial charge is 0.380 e. The number of halogens is 1. The van der Waals surface area contributed by atoms with Crippen molar-refractivity contribution in [1.29, 1.82) is 0 Å². The van der Waals surface area contributed by atoms with Crippen LogP contribution in [0.2, 0.25) is 5.02 Å². The predicted octanol–water partition coefficient (Wildman–Crippen LogP) is 6.37. The van der Waals surface area contributed by atoms with Gasteiger partial charge in [-0.05, 0) is 88.0 Å². The molecule has 3 N–H and O–H groups in total. The first-order valence-electron chi connectivity index (χ1n) is 19.3. The topological polar surface area (TPSA) is 157 Å². The first kappa shape index (κ1) is 38.6. The van der Waals surface area contributed by atoms with E-state index >= 15 is 0 Å². The number of imide groups is 1. The lowest BCUT2D eigenvalue weighted by molar-refractivity contribution is -0.135. The van der Waals surface area contributed by atoms with E-state index in [1.165, 1.54) is 4.88 Å². The number of amides is 3. The molecule has 1 saturated heterocycles. The summed E-state index contributed by atoms with van der Waals surface area (Å²) in [5, 5.41) is 21.6. The number of aliphatic imine (C=N–C) groups is 1. The summed E-state index contributed by atoms with van der Waals surface area (Å²) in [6.07, 6.45) is 4.39. The Morgan fingerprint density at radius 1 is 1.02 bits per heavy atom. The first-order chi connectivity index (χ1) is 27.7. The Hall–Kier alpha value is -5.28. The molecule has 2 atom stereocenters. The second-order valence-corrected chi connectivity index (χ2v) is 16.1. The summed E-state index contributed by atoms with van der Waals surface area (Å²) >= 11 is 7.91. The second kappa shape index (κ2) is 16.7. The molecule has 1 unspecified atom stereocenters. The van der Waals surface area contributed by atoms with Crippen molar-refractivity contribution in [2.75, 3.05) is 26.3 Å². The van der Waals surface area contributed by atoms with Crippen LogP contribution in [0.15, 0.2) is 65.8 Å². The van der Waals surface area contributed by atoms with Crippen LogP contribution < -0.4 is 16.0 Å². The van der Waals surface area contributed by atoms with Gasteiger partial charge in [0.05, 0.1) is 24.3 Å². The number of pyridine rings is 1. The third-order valence-electron chi connectivity index (χ3n) is 10.7. The molecule has 6 aromatic rings. The monoisotopic (exact) mass is 805 g/mol. The number of carbonyl (C=O) groups is 3. The Bertz CT molecular complexity index is 2520. The van der Waals surface area contributed by atoms with E-state index in [0.717, 1.165) is 80.1 Å². The average Bonchev–Trinajstić information content (AvgIpc) is 3.81. The number of piperidine rings is 1. The van der Waals surface area contributed by atoms with Crippen LogP contribution in [0.25, 0.3) is 26.9 Å². The Morgan fingerprint density at radius 3 is 2.68 bits per heavy atom. The minimum Gasteiger partial charge on any atom is -0.380 e. The summed E-state index contributed by atoms with van der Waals surface area (Å²) in [6.45, 7) is 8.97. The minimum atomic E-state index is -0.530. The maximum atomic E-state index is 13.3. The molecular formula is C42H44ClN9O4S. The lowest BCUT2D eigenvalue weighted by Gasteiger charge is -2.23. The van der Waals surface area contributed by atoms with Gasteiger partial charge in [0.15, 0.2) is 5.82 Å². The number of aromatic nitrogens is 5. The normalized spacial score (nSPS) is 16.7. The van der Waals surface area contributed by atoms with E-state index in [-0.39, 0.29) is 24.1 Å². The minimum absolute atomic E-state index is 0.121. The highest BCUT2D eigenvalue weighted by molar-refractivity contribution is 7.15. The van der Waals surface area contributed by atoms with Crippen LogP contribution in [0.4, 0.5) is 0 Å². The number of nitrogens with one attached hydrogen (secondary N) is 3. The van der Waals surface area contributed by atoms with Crippen LogP contribution in [-0.2, 0) is 25.7 Å². The van der Waals surface area contributed by atoms with E-state index in [1.807, 2.05) is 64.6 Å². The summed E-state index contributed by atoms with van der Waals surface area (Å²) in [6, 6.07) is 16.7. The van der Waals surface area contributed by atoms with Crippen molar-refractivity contribution in [3.8, 4) is 5.00 Å². The summed E-state index contributed by atoms with van der Waals surface area (Å²) in [5.74, 6) is 0.731. The molecule has 13 nitrogen and oxygen atoms in total. The summed E-state index contributed by atoms with van der Waals surface area (Å²) in [5.41, 5.74) is 6.71. The summed E-state index contributed by atoms with van der Waals surface area (Å²) < 4.78 is 9.90. The van der Waals surface area contributed by atoms with Crippen molar-refractivity contribution in [3.05, 3.63) is 105 Å². The Balaban J connectivity index is 0.820. The van der Waals surface area contributed by atoms with Crippen LogP contribution in [0.3, 0.4) is 0 Å². The maximum Gasteiger partial charge on any atom is 0.249 e. The van der Waals surface area contributed by atoms with E-state index in [9.17, 15) is 14.4 Å². The Labute approximate surface area is 338 Å². The molecule has 294 valence electrons. The zero-order valence-corrected chi connectivity index (χ0v) is 33.7. The van der Waals surface area contributed by atoms with Gasteiger partial charge in [0.1, 0.15) is 28.6 Å². The van der Waals surface area contributed by atoms with Crippen molar-refractivity contribution in [1.82, 2.24) is 40.3 Å². The number of rotatable bonds is 14. The third kappa shape index (κ3) is 7.74. The van der Waals surface area contributed by atoms with Crippen LogP contribution in [0, 0.1) is 20.8 Å². The second-order valence-electron chi connectivity index (χ2n) is 14.5. The van der Waals surface area contributed by atoms with Gasteiger partial charge in [0.25, 0.3) is 0 Å². The number of hydrogen-bond acceptors (Lipinski definition) is 10. The number of carbonyl (C=O) groups excluding carboxylic acids is 3. The van der Waals surface area contributed by atoms with Crippen LogP contribution in [-0.4, -0.2) is 74.1 Å². The molecule has 15 heteroatoms. The van der Waals surface area contributed by atoms with Gasteiger partial charge < -0.3 is 19.9 Å². The molecule has 57 heavy (non-hydrogen) atoms. The van der Waals surface area contributed by atoms with Crippen molar-refractivity contribution >= 4 is 68.3 Å². The fourth-order valence-electron chi connectivity index (χ4n) is 7.81. The predicted molar refractivity (Wildman–Crippen MR) is 221 cm³/mol. The van der Waals surface area contributed by atoms with Crippen molar-refractivity contribution in [2.45, 2.75) is 71.5 Å². The molecule has 0 bridgehead atoms. The lowest BCUT2D eigenvalue weighted by atomic mass is 9.99. The van der Waals surface area contributed by atoms with Gasteiger partial charge in [0.2, 0.25) is 17.7 Å². The van der Waals surface area contributed by atoms with Crippen LogP contribution in [0.5, 0.6) is 0 Å². The Kier molecular flexibility index (Phi) is 11.3. The van der Waals surface area contributed by atoms with Crippen molar-refractivity contribution in [2.24, 2.45) is 4.99 Å². The first-order valence-corrected chi connectivity index (χ1v) is 20.5. The molecule has 6 heterocycles. The molecule has 4 aromatic heterocycles. The number of thiophene rings is 1. The van der Waals surface area contributed by atoms with E-state index in [0.29, 0.717) is 50.0 Å². The molecule has 1 fully saturated rings. The number of fused-ring (bicyclic) bond motifs is 6. The number of hydrogen-bond donors (Lipinski definition) is 3. The van der Waals surface area contributed by atoms with Gasteiger partial charge in [0, 0.05) is 64.1 Å². The highest BCUT2D eigenvalue weighted by atomic mass is 35.5. The molecule has 2 aliphatic rings. The summed E-state index contributed by atoms with van der Waals surface area (Å²) in [7, 11) is 0. The maximum absolute atomic E-state index is 13.3. The molecular weight excluding hydrogens is 762 g/mol. The molecule has 3 amide bonds. The highest BCUT2D eigenvalue weighted by Gasteiger charge is 2.33. The van der Waals surface area contributed by atoms with Crippen LogP contribution in [0.1, 0.15) is 83.0 Å². The standard InChI is InChI=1S/C42H44ClN9O4S/c1-24-25(2)57-42-36(24)38(27-11-13-29(43)14-12-27)47-31(40-50-49-26(3)51(40)42)22-35(54)45-19-21-56-20-5-4-17-44-23-28-8-6-10-32-37(28)30-9-7-18-46-39(30)52(32)33-15-16-34(53)48-41(33)55/h6-14,18,31,33,44H,4-5,15-17,19-23H2,1-3H3,(H,45,54)(H,48,53,55)/t31-,33?/m0/s1. The van der Waals surface area contributed by atoms with Gasteiger partial charge >= 0.3 is 0 Å². The zero-order valence-electron chi connectivity index (χ0n) is 32.1. The number of aryl methyl sites for hydroxylation is 2. The smallest absolute Gasteiger partial charge is 0.249 e. The van der Waals surface area contributed by atoms with E-state index < -0.39 is 12.1 Å².